The van der Waals surface area contributed by atoms with E-state index in [-0.39, 0.29) is 5.95 Å². The maximum Gasteiger partial charge on any atom is 0.419 e. The van der Waals surface area contributed by atoms with Gasteiger partial charge < -0.3 is 14.6 Å². The molecule has 4 rings (SSSR count). The Bertz CT molecular complexity index is 1230. The van der Waals surface area contributed by atoms with E-state index in [1.165, 1.54) is 0 Å². The summed E-state index contributed by atoms with van der Waals surface area (Å²) < 4.78 is 44.6. The lowest BCUT2D eigenvalue weighted by molar-refractivity contribution is -0.138. The minimum atomic E-state index is -4.46. The van der Waals surface area contributed by atoms with Crippen molar-refractivity contribution in [3.63, 3.8) is 0 Å². The molecule has 0 aliphatic carbocycles. The maximum absolute atomic E-state index is 12.9. The van der Waals surface area contributed by atoms with Crippen LogP contribution in [0.15, 0.2) is 41.3 Å². The number of fused-ring (bicyclic) bond motifs is 1. The quantitative estimate of drug-likeness (QED) is 0.567. The van der Waals surface area contributed by atoms with Crippen molar-refractivity contribution in [2.24, 2.45) is 4.99 Å². The Morgan fingerprint density at radius 3 is 2.64 bits per heavy atom. The molecule has 3 aromatic rings. The third-order valence-corrected chi connectivity index (χ3v) is 5.96. The Morgan fingerprint density at radius 1 is 1.27 bits per heavy atom. The Kier molecular flexibility index (Phi) is 6.14. The number of aryl methyl sites for hydroxylation is 1. The molecule has 1 aliphatic heterocycles. The van der Waals surface area contributed by atoms with Gasteiger partial charge in [-0.3, -0.25) is 4.99 Å². The van der Waals surface area contributed by atoms with Crippen molar-refractivity contribution in [2.75, 3.05) is 31.6 Å². The van der Waals surface area contributed by atoms with Crippen molar-refractivity contribution >= 4 is 28.1 Å². The van der Waals surface area contributed by atoms with E-state index in [1.807, 2.05) is 31.0 Å². The fourth-order valence-corrected chi connectivity index (χ4v) is 4.28. The first-order chi connectivity index (χ1) is 15.7. The molecule has 0 amide bonds. The monoisotopic (exact) mass is 457 g/mol. The molecule has 0 saturated carbocycles. The summed E-state index contributed by atoms with van der Waals surface area (Å²) in [5.74, 6) is 1.12. The lowest BCUT2D eigenvalue weighted by Crippen LogP contribution is -2.37. The molecule has 0 bridgehead atoms. The van der Waals surface area contributed by atoms with Gasteiger partial charge in [-0.1, -0.05) is 0 Å². The molecule has 9 heteroatoms. The van der Waals surface area contributed by atoms with Gasteiger partial charge in [0.1, 0.15) is 5.75 Å². The number of nitrogens with zero attached hydrogens (tertiary/aromatic N) is 4. The third kappa shape index (κ3) is 4.31. The number of piperidine rings is 1. The lowest BCUT2D eigenvalue weighted by Gasteiger charge is -2.31. The maximum atomic E-state index is 12.9. The summed E-state index contributed by atoms with van der Waals surface area (Å²) in [6.45, 7) is 7.64. The number of hydrogen-bond donors (Lipinski definition) is 1. The van der Waals surface area contributed by atoms with Crippen LogP contribution >= 0.6 is 0 Å². The molecule has 1 aliphatic rings. The van der Waals surface area contributed by atoms with Crippen LogP contribution in [0.5, 0.6) is 5.75 Å². The van der Waals surface area contributed by atoms with Crippen LogP contribution in [-0.2, 0) is 6.18 Å². The molecule has 1 N–H and O–H groups in total. The molecule has 0 radical (unpaired) electrons. The standard InChI is InChI=1S/C24H26F3N5O/c1-5-33-22-14(2)10-18(17-6-8-29-21(17)22)15(3)19-13-32(9-7-20(19)28-4)23-30-11-16(12-31-23)24(25,26)27/h6,8,10-12,29H,5,7,9,13H2,1-4H3/b19-15+,28-20-. The molecule has 0 atom stereocenters. The van der Waals surface area contributed by atoms with E-state index >= 15 is 0 Å². The van der Waals surface area contributed by atoms with Gasteiger partial charge in [-0.05, 0) is 55.2 Å². The Labute approximate surface area is 190 Å². The summed E-state index contributed by atoms with van der Waals surface area (Å²) in [7, 11) is 1.77. The van der Waals surface area contributed by atoms with Gasteiger partial charge >= 0.3 is 6.18 Å². The predicted molar refractivity (Wildman–Crippen MR) is 124 cm³/mol. The minimum absolute atomic E-state index is 0.276. The Morgan fingerprint density at radius 2 is 2.00 bits per heavy atom. The second-order valence-electron chi connectivity index (χ2n) is 7.98. The normalized spacial score (nSPS) is 17.7. The number of rotatable bonds is 4. The highest BCUT2D eigenvalue weighted by Crippen LogP contribution is 2.37. The summed E-state index contributed by atoms with van der Waals surface area (Å²) in [4.78, 5) is 17.6. The van der Waals surface area contributed by atoms with Crippen LogP contribution in [0.2, 0.25) is 0 Å². The van der Waals surface area contributed by atoms with E-state index in [2.05, 4.69) is 32.9 Å². The van der Waals surface area contributed by atoms with E-state index in [0.717, 1.165) is 57.0 Å². The van der Waals surface area contributed by atoms with Crippen LogP contribution in [0.1, 0.15) is 37.0 Å². The molecular formula is C24H26F3N5O. The number of nitrogens with one attached hydrogen (secondary N) is 1. The smallest absolute Gasteiger partial charge is 0.419 e. The Balaban J connectivity index is 1.75. The van der Waals surface area contributed by atoms with Gasteiger partial charge in [0.15, 0.2) is 0 Å². The molecule has 2 aromatic heterocycles. The molecule has 174 valence electrons. The van der Waals surface area contributed by atoms with Crippen LogP contribution in [0.3, 0.4) is 0 Å². The largest absolute Gasteiger partial charge is 0.491 e. The Hall–Kier alpha value is -3.36. The summed E-state index contributed by atoms with van der Waals surface area (Å²) in [6, 6.07) is 4.14. The summed E-state index contributed by atoms with van der Waals surface area (Å²) >= 11 is 0. The van der Waals surface area contributed by atoms with Crippen LogP contribution < -0.4 is 9.64 Å². The number of benzene rings is 1. The second-order valence-corrected chi connectivity index (χ2v) is 7.98. The molecule has 0 spiro atoms. The number of aliphatic imine (C=N–C) groups is 1. The first-order valence-corrected chi connectivity index (χ1v) is 10.8. The molecule has 33 heavy (non-hydrogen) atoms. The highest BCUT2D eigenvalue weighted by Gasteiger charge is 2.32. The topological polar surface area (TPSA) is 66.4 Å². The average molecular weight is 458 g/mol. The second kappa shape index (κ2) is 8.88. The number of anilines is 1. The molecule has 1 aromatic carbocycles. The fourth-order valence-electron chi connectivity index (χ4n) is 4.28. The summed E-state index contributed by atoms with van der Waals surface area (Å²) in [5, 5.41) is 1.05. The highest BCUT2D eigenvalue weighted by atomic mass is 19.4. The van der Waals surface area contributed by atoms with E-state index in [4.69, 9.17) is 4.74 Å². The molecule has 3 heterocycles. The number of halogens is 3. The zero-order valence-electron chi connectivity index (χ0n) is 19.0. The highest BCUT2D eigenvalue weighted by molar-refractivity contribution is 6.10. The van der Waals surface area contributed by atoms with Gasteiger partial charge in [0, 0.05) is 56.2 Å². The van der Waals surface area contributed by atoms with Crippen LogP contribution in [-0.4, -0.2) is 47.4 Å². The average Bonchev–Trinajstić information content (AvgIpc) is 3.29. The number of H-pyrrole nitrogens is 1. The zero-order valence-corrected chi connectivity index (χ0v) is 19.0. The minimum Gasteiger partial charge on any atom is -0.491 e. The molecule has 1 saturated heterocycles. The SMILES string of the molecule is CCOc1c(C)cc(/C(C)=C2\CN(c3ncc(C(F)(F)F)cn3)CC\C2=N\C)c2cc[nH]c12. The van der Waals surface area contributed by atoms with Gasteiger partial charge in [-0.25, -0.2) is 9.97 Å². The van der Waals surface area contributed by atoms with E-state index in [1.54, 1.807) is 7.05 Å². The first-order valence-electron chi connectivity index (χ1n) is 10.8. The number of aromatic nitrogens is 3. The number of allylic oxidation sites excluding steroid dienone is 1. The van der Waals surface area contributed by atoms with Crippen molar-refractivity contribution in [3.05, 3.63) is 53.0 Å². The van der Waals surface area contributed by atoms with Gasteiger partial charge in [-0.2, -0.15) is 13.2 Å². The van der Waals surface area contributed by atoms with Gasteiger partial charge in [0.05, 0.1) is 17.7 Å². The van der Waals surface area contributed by atoms with Crippen molar-refractivity contribution in [2.45, 2.75) is 33.4 Å². The number of hydrogen-bond acceptors (Lipinski definition) is 5. The summed E-state index contributed by atoms with van der Waals surface area (Å²) in [5.41, 5.74) is 5.24. The number of alkyl halides is 3. The van der Waals surface area contributed by atoms with Crippen LogP contribution in [0.4, 0.5) is 19.1 Å². The molecule has 6 nitrogen and oxygen atoms in total. The zero-order chi connectivity index (χ0) is 23.8. The van der Waals surface area contributed by atoms with Gasteiger partial charge in [0.2, 0.25) is 5.95 Å². The van der Waals surface area contributed by atoms with Crippen molar-refractivity contribution in [3.8, 4) is 5.75 Å². The predicted octanol–water partition coefficient (Wildman–Crippen LogP) is 5.44. The van der Waals surface area contributed by atoms with E-state index < -0.39 is 11.7 Å². The van der Waals surface area contributed by atoms with Crippen LogP contribution in [0.25, 0.3) is 16.5 Å². The first kappa shape index (κ1) is 22.8. The van der Waals surface area contributed by atoms with Gasteiger partial charge in [-0.15, -0.1) is 0 Å². The van der Waals surface area contributed by atoms with Crippen LogP contribution in [0, 0.1) is 6.92 Å². The lowest BCUT2D eigenvalue weighted by atomic mass is 9.90. The van der Waals surface area contributed by atoms with Crippen molar-refractivity contribution < 1.29 is 17.9 Å². The van der Waals surface area contributed by atoms with Crippen molar-refractivity contribution in [1.29, 1.82) is 0 Å². The summed E-state index contributed by atoms with van der Waals surface area (Å²) in [6.07, 6.45) is -0.244. The number of aromatic amines is 1. The molecule has 1 fully saturated rings. The van der Waals surface area contributed by atoms with Gasteiger partial charge in [0.25, 0.3) is 0 Å². The molecule has 0 unspecified atom stereocenters. The fraction of sp³-hybridized carbons (Fsp3) is 0.375. The van der Waals surface area contributed by atoms with E-state index in [9.17, 15) is 13.2 Å². The number of ether oxygens (including phenoxy) is 1. The molecular weight excluding hydrogens is 431 g/mol. The van der Waals surface area contributed by atoms with Crippen molar-refractivity contribution in [1.82, 2.24) is 15.0 Å². The van der Waals surface area contributed by atoms with E-state index in [0.29, 0.717) is 26.1 Å². The third-order valence-electron chi connectivity index (χ3n) is 5.96.